The number of ketones is 1. The number of Topliss-reactive ketones (excluding diaryl/α,β-unsaturated/α-hetero) is 1. The third-order valence-corrected chi connectivity index (χ3v) is 5.07. The highest BCUT2D eigenvalue weighted by Gasteiger charge is 2.35. The minimum atomic E-state index is -0.836. The normalized spacial score (nSPS) is 12.9. The molecule has 0 bridgehead atoms. The number of esters is 1. The Morgan fingerprint density at radius 2 is 1.28 bits per heavy atom. The number of nitrogens with zero attached hydrogens (tertiary/aromatic N) is 1. The van der Waals surface area contributed by atoms with Crippen LogP contribution in [0.4, 0.5) is 0 Å². The summed E-state index contributed by atoms with van der Waals surface area (Å²) >= 11 is 0. The highest BCUT2D eigenvalue weighted by atomic mass is 16.5. The van der Waals surface area contributed by atoms with Gasteiger partial charge in [0.2, 0.25) is 0 Å². The van der Waals surface area contributed by atoms with Crippen LogP contribution in [0.2, 0.25) is 0 Å². The molecule has 3 aromatic carbocycles. The van der Waals surface area contributed by atoms with Crippen molar-refractivity contribution in [3.8, 4) is 0 Å². The number of carbonyl (C=O) groups is 2. The summed E-state index contributed by atoms with van der Waals surface area (Å²) in [5.74, 6) is -1.41. The number of methoxy groups -OCH3 is 1. The quantitative estimate of drug-likeness (QED) is 0.414. The number of hydrogen-bond donors (Lipinski definition) is 0. The van der Waals surface area contributed by atoms with Crippen LogP contribution in [-0.2, 0) is 20.9 Å². The molecule has 0 unspecified atom stereocenters. The number of rotatable bonds is 8. The Morgan fingerprint density at radius 3 is 1.79 bits per heavy atom. The molecule has 0 N–H and O–H groups in total. The minimum Gasteiger partial charge on any atom is -0.463 e. The van der Waals surface area contributed by atoms with Gasteiger partial charge in [0.15, 0.2) is 0 Å². The van der Waals surface area contributed by atoms with E-state index in [1.807, 2.05) is 91.0 Å². The van der Waals surface area contributed by atoms with Gasteiger partial charge in [-0.05, 0) is 23.6 Å². The Morgan fingerprint density at radius 1 is 0.793 bits per heavy atom. The summed E-state index contributed by atoms with van der Waals surface area (Å²) in [6.07, 6.45) is 0. The van der Waals surface area contributed by atoms with E-state index in [9.17, 15) is 9.59 Å². The summed E-state index contributed by atoms with van der Waals surface area (Å²) in [4.78, 5) is 27.4. The molecule has 0 radical (unpaired) electrons. The molecule has 4 nitrogen and oxygen atoms in total. The van der Waals surface area contributed by atoms with Gasteiger partial charge in [0.1, 0.15) is 6.04 Å². The average Bonchev–Trinajstić information content (AvgIpc) is 2.79. The predicted octanol–water partition coefficient (Wildman–Crippen LogP) is 4.73. The van der Waals surface area contributed by atoms with E-state index in [0.29, 0.717) is 6.54 Å². The monoisotopic (exact) mass is 387 g/mol. The zero-order chi connectivity index (χ0) is 20.6. The lowest BCUT2D eigenvalue weighted by Gasteiger charge is -2.35. The van der Waals surface area contributed by atoms with Gasteiger partial charge >= 0.3 is 5.97 Å². The Hall–Kier alpha value is -3.24. The van der Waals surface area contributed by atoms with E-state index in [0.717, 1.165) is 16.7 Å². The highest BCUT2D eigenvalue weighted by molar-refractivity contribution is 6.35. The van der Waals surface area contributed by atoms with E-state index < -0.39 is 17.8 Å². The van der Waals surface area contributed by atoms with Gasteiger partial charge in [-0.25, -0.2) is 4.79 Å². The molecule has 0 aliphatic carbocycles. The van der Waals surface area contributed by atoms with E-state index in [1.54, 1.807) is 0 Å². The maximum absolute atomic E-state index is 13.1. The molecule has 3 aromatic rings. The van der Waals surface area contributed by atoms with Crippen LogP contribution in [0.3, 0.4) is 0 Å². The largest absolute Gasteiger partial charge is 0.463 e. The Kier molecular flexibility index (Phi) is 6.93. The van der Waals surface area contributed by atoms with Crippen LogP contribution < -0.4 is 0 Å². The second-order valence-electron chi connectivity index (χ2n) is 6.91. The summed E-state index contributed by atoms with van der Waals surface area (Å²) in [5, 5.41) is 0. The highest BCUT2D eigenvalue weighted by Crippen LogP contribution is 2.33. The molecule has 0 fully saturated rings. The van der Waals surface area contributed by atoms with Crippen LogP contribution in [0.5, 0.6) is 0 Å². The molecule has 0 saturated heterocycles. The molecule has 0 aliphatic rings. The van der Waals surface area contributed by atoms with Crippen molar-refractivity contribution in [2.75, 3.05) is 7.11 Å². The zero-order valence-corrected chi connectivity index (χ0v) is 16.7. The van der Waals surface area contributed by atoms with Crippen LogP contribution in [0.25, 0.3) is 0 Å². The molecule has 4 heteroatoms. The summed E-state index contributed by atoms with van der Waals surface area (Å²) in [5.41, 5.74) is 2.90. The van der Waals surface area contributed by atoms with Crippen molar-refractivity contribution in [3.05, 3.63) is 108 Å². The number of carbonyl (C=O) groups excluding carboxylic acids is 2. The van der Waals surface area contributed by atoms with Gasteiger partial charge in [-0.3, -0.25) is 9.69 Å². The standard InChI is InChI=1S/C25H25NO3/c1-19(21-14-8-4-9-15-21)26(18-20-12-6-3-7-13-20)23(24(27)25(28)29-2)22-16-10-5-11-17-22/h3-17,19,23H,18H2,1-2H3/t19-,23-/m1/s1. The smallest absolute Gasteiger partial charge is 0.376 e. The second kappa shape index (κ2) is 9.80. The Bertz CT molecular complexity index is 926. The van der Waals surface area contributed by atoms with Gasteiger partial charge in [0.25, 0.3) is 5.78 Å². The molecular weight excluding hydrogens is 362 g/mol. The lowest BCUT2D eigenvalue weighted by Crippen LogP contribution is -2.39. The van der Waals surface area contributed by atoms with Crippen molar-refractivity contribution in [2.45, 2.75) is 25.6 Å². The second-order valence-corrected chi connectivity index (χ2v) is 6.91. The van der Waals surface area contributed by atoms with Gasteiger partial charge in [-0.15, -0.1) is 0 Å². The van der Waals surface area contributed by atoms with Crippen LogP contribution >= 0.6 is 0 Å². The zero-order valence-electron chi connectivity index (χ0n) is 16.7. The van der Waals surface area contributed by atoms with Gasteiger partial charge in [0, 0.05) is 12.6 Å². The van der Waals surface area contributed by atoms with E-state index >= 15 is 0 Å². The van der Waals surface area contributed by atoms with Crippen LogP contribution in [0.1, 0.15) is 35.7 Å². The number of hydrogen-bond acceptors (Lipinski definition) is 4. The summed E-state index contributed by atoms with van der Waals surface area (Å²) in [6.45, 7) is 2.57. The van der Waals surface area contributed by atoms with Crippen LogP contribution in [-0.4, -0.2) is 23.8 Å². The van der Waals surface area contributed by atoms with Crippen molar-refractivity contribution in [1.82, 2.24) is 4.90 Å². The Labute approximate surface area is 171 Å². The van der Waals surface area contributed by atoms with Gasteiger partial charge in [-0.1, -0.05) is 91.0 Å². The van der Waals surface area contributed by atoms with Crippen molar-refractivity contribution >= 4 is 11.8 Å². The molecular formula is C25H25NO3. The van der Waals surface area contributed by atoms with E-state index in [1.165, 1.54) is 7.11 Å². The van der Waals surface area contributed by atoms with Crippen LogP contribution in [0.15, 0.2) is 91.0 Å². The molecule has 2 atom stereocenters. The fraction of sp³-hybridized carbons (Fsp3) is 0.200. The van der Waals surface area contributed by atoms with Crippen molar-refractivity contribution in [1.29, 1.82) is 0 Å². The van der Waals surface area contributed by atoms with Gasteiger partial charge < -0.3 is 4.74 Å². The molecule has 0 heterocycles. The molecule has 0 amide bonds. The first-order chi connectivity index (χ1) is 14.1. The predicted molar refractivity (Wildman–Crippen MR) is 113 cm³/mol. The molecule has 0 spiro atoms. The average molecular weight is 387 g/mol. The van der Waals surface area contributed by atoms with Crippen molar-refractivity contribution in [2.24, 2.45) is 0 Å². The molecule has 0 aliphatic heterocycles. The first kappa shape index (κ1) is 20.5. The maximum Gasteiger partial charge on any atom is 0.376 e. The minimum absolute atomic E-state index is 0.102. The molecule has 29 heavy (non-hydrogen) atoms. The van der Waals surface area contributed by atoms with Gasteiger partial charge in [-0.2, -0.15) is 0 Å². The maximum atomic E-state index is 13.1. The molecule has 148 valence electrons. The van der Waals surface area contributed by atoms with E-state index in [4.69, 9.17) is 4.74 Å². The lowest BCUT2D eigenvalue weighted by atomic mass is 9.96. The summed E-state index contributed by atoms with van der Waals surface area (Å²) in [7, 11) is 1.24. The topological polar surface area (TPSA) is 46.6 Å². The van der Waals surface area contributed by atoms with Crippen LogP contribution in [0, 0.1) is 0 Å². The van der Waals surface area contributed by atoms with E-state index in [2.05, 4.69) is 11.8 Å². The third kappa shape index (κ3) is 4.98. The summed E-state index contributed by atoms with van der Waals surface area (Å²) < 4.78 is 4.79. The Balaban J connectivity index is 2.08. The third-order valence-electron chi connectivity index (χ3n) is 5.07. The molecule has 0 aromatic heterocycles. The molecule has 3 rings (SSSR count). The number of benzene rings is 3. The molecule has 0 saturated carbocycles. The van der Waals surface area contributed by atoms with Crippen molar-refractivity contribution in [3.63, 3.8) is 0 Å². The summed E-state index contributed by atoms with van der Waals surface area (Å²) in [6, 6.07) is 28.5. The fourth-order valence-corrected chi connectivity index (χ4v) is 3.51. The van der Waals surface area contributed by atoms with Crippen molar-refractivity contribution < 1.29 is 14.3 Å². The lowest BCUT2D eigenvalue weighted by molar-refractivity contribution is -0.155. The fourth-order valence-electron chi connectivity index (χ4n) is 3.51. The first-order valence-electron chi connectivity index (χ1n) is 9.63. The van der Waals surface area contributed by atoms with Gasteiger partial charge in [0.05, 0.1) is 7.11 Å². The number of ether oxygens (including phenoxy) is 1. The first-order valence-corrected chi connectivity index (χ1v) is 9.63. The van der Waals surface area contributed by atoms with E-state index in [-0.39, 0.29) is 6.04 Å². The SMILES string of the molecule is COC(=O)C(=O)[C@@H](c1ccccc1)N(Cc1ccccc1)[C@H](C)c1ccccc1.